The molecule has 0 radical (unpaired) electrons. The van der Waals surface area contributed by atoms with E-state index in [0.29, 0.717) is 29.2 Å². The number of rotatable bonds is 7. The lowest BCUT2D eigenvalue weighted by atomic mass is 10.2. The minimum Gasteiger partial charge on any atom is -0.493 e. The van der Waals surface area contributed by atoms with Crippen LogP contribution >= 0.6 is 12.2 Å². The third-order valence-corrected chi connectivity index (χ3v) is 4.69. The van der Waals surface area contributed by atoms with Gasteiger partial charge in [0, 0.05) is 29.3 Å². The van der Waals surface area contributed by atoms with Crippen LogP contribution in [0.1, 0.15) is 21.5 Å². The average molecular weight is 436 g/mol. The standard InChI is InChI=1S/C23H21N3O4S/c1-16-10-11-19(15-21(16)26(28)29)24-23(31)25-22(27)18-8-5-9-20(14-18)30-13-12-17-6-3-2-4-7-17/h2-11,14-15H,12-13H2,1H3,(H2,24,25,27,31). The van der Waals surface area contributed by atoms with Gasteiger partial charge < -0.3 is 10.1 Å². The third-order valence-electron chi connectivity index (χ3n) is 4.49. The van der Waals surface area contributed by atoms with Gasteiger partial charge in [0.1, 0.15) is 5.75 Å². The number of hydrogen-bond acceptors (Lipinski definition) is 5. The van der Waals surface area contributed by atoms with E-state index in [9.17, 15) is 14.9 Å². The fraction of sp³-hybridized carbons (Fsp3) is 0.130. The molecule has 0 saturated carbocycles. The molecule has 8 heteroatoms. The molecule has 0 aliphatic rings. The fourth-order valence-electron chi connectivity index (χ4n) is 2.88. The number of carbonyl (C=O) groups excluding carboxylic acids is 1. The summed E-state index contributed by atoms with van der Waals surface area (Å²) in [5.41, 5.74) is 2.48. The molecule has 0 unspecified atom stereocenters. The molecular formula is C23H21N3O4S. The van der Waals surface area contributed by atoms with Gasteiger partial charge in [0.15, 0.2) is 5.11 Å². The number of benzene rings is 3. The molecule has 0 saturated heterocycles. The SMILES string of the molecule is Cc1ccc(NC(=S)NC(=O)c2cccc(OCCc3ccccc3)c2)cc1[N+](=O)[O-]. The van der Waals surface area contributed by atoms with Crippen LogP contribution in [-0.2, 0) is 6.42 Å². The monoisotopic (exact) mass is 435 g/mol. The molecule has 0 aromatic heterocycles. The second kappa shape index (κ2) is 10.3. The molecule has 0 bridgehead atoms. The first-order valence-electron chi connectivity index (χ1n) is 9.56. The molecule has 31 heavy (non-hydrogen) atoms. The average Bonchev–Trinajstić information content (AvgIpc) is 2.76. The molecule has 158 valence electrons. The predicted octanol–water partition coefficient (Wildman–Crippen LogP) is 4.65. The van der Waals surface area contributed by atoms with Crippen molar-refractivity contribution in [3.8, 4) is 5.75 Å². The fourth-order valence-corrected chi connectivity index (χ4v) is 3.09. The predicted molar refractivity (Wildman–Crippen MR) is 124 cm³/mol. The number of aryl methyl sites for hydroxylation is 1. The van der Waals surface area contributed by atoms with Crippen LogP contribution in [0, 0.1) is 17.0 Å². The number of nitrogens with zero attached hydrogens (tertiary/aromatic N) is 1. The van der Waals surface area contributed by atoms with E-state index in [0.717, 1.165) is 6.42 Å². The summed E-state index contributed by atoms with van der Waals surface area (Å²) >= 11 is 5.17. The molecule has 2 N–H and O–H groups in total. The Morgan fingerprint density at radius 3 is 2.58 bits per heavy atom. The molecule has 0 heterocycles. The molecule has 0 atom stereocenters. The number of hydrogen-bond donors (Lipinski definition) is 2. The van der Waals surface area contributed by atoms with Crippen LogP contribution in [0.5, 0.6) is 5.75 Å². The lowest BCUT2D eigenvalue weighted by Crippen LogP contribution is -2.34. The van der Waals surface area contributed by atoms with Gasteiger partial charge in [-0.2, -0.15) is 0 Å². The van der Waals surface area contributed by atoms with E-state index in [4.69, 9.17) is 17.0 Å². The van der Waals surface area contributed by atoms with Gasteiger partial charge in [-0.15, -0.1) is 0 Å². The molecule has 3 aromatic rings. The maximum atomic E-state index is 12.5. The summed E-state index contributed by atoms with van der Waals surface area (Å²) in [5, 5.41) is 16.5. The van der Waals surface area contributed by atoms with Crippen LogP contribution in [0.15, 0.2) is 72.8 Å². The first-order chi connectivity index (χ1) is 14.9. The van der Waals surface area contributed by atoms with E-state index < -0.39 is 10.8 Å². The highest BCUT2D eigenvalue weighted by Crippen LogP contribution is 2.22. The van der Waals surface area contributed by atoms with Crippen molar-refractivity contribution >= 4 is 34.6 Å². The first-order valence-corrected chi connectivity index (χ1v) is 9.97. The zero-order chi connectivity index (χ0) is 22.2. The van der Waals surface area contributed by atoms with Crippen molar-refractivity contribution in [1.82, 2.24) is 5.32 Å². The van der Waals surface area contributed by atoms with Crippen molar-refractivity contribution in [1.29, 1.82) is 0 Å². The first kappa shape index (κ1) is 21.9. The number of nitro groups is 1. The van der Waals surface area contributed by atoms with Crippen LogP contribution in [0.3, 0.4) is 0 Å². The second-order valence-electron chi connectivity index (χ2n) is 6.78. The Bertz CT molecular complexity index is 1100. The van der Waals surface area contributed by atoms with E-state index >= 15 is 0 Å². The van der Waals surface area contributed by atoms with Crippen LogP contribution < -0.4 is 15.4 Å². The maximum absolute atomic E-state index is 12.5. The number of carbonyl (C=O) groups is 1. The number of amides is 1. The Balaban J connectivity index is 1.56. The van der Waals surface area contributed by atoms with Crippen LogP contribution in [0.4, 0.5) is 11.4 Å². The highest BCUT2D eigenvalue weighted by molar-refractivity contribution is 7.80. The molecule has 7 nitrogen and oxygen atoms in total. The van der Waals surface area contributed by atoms with Crippen molar-refractivity contribution < 1.29 is 14.5 Å². The summed E-state index contributed by atoms with van der Waals surface area (Å²) < 4.78 is 5.76. The van der Waals surface area contributed by atoms with Gasteiger partial charge in [0.2, 0.25) is 0 Å². The van der Waals surface area contributed by atoms with Gasteiger partial charge in [-0.1, -0.05) is 42.5 Å². The lowest BCUT2D eigenvalue weighted by molar-refractivity contribution is -0.385. The molecule has 0 aliphatic heterocycles. The van der Waals surface area contributed by atoms with Crippen LogP contribution in [0.25, 0.3) is 0 Å². The molecule has 0 fully saturated rings. The summed E-state index contributed by atoms with van der Waals surface area (Å²) in [6, 6.07) is 21.4. The second-order valence-corrected chi connectivity index (χ2v) is 7.19. The largest absolute Gasteiger partial charge is 0.493 e. The Morgan fingerprint density at radius 1 is 1.06 bits per heavy atom. The smallest absolute Gasteiger partial charge is 0.274 e. The van der Waals surface area contributed by atoms with Crippen molar-refractivity contribution in [3.63, 3.8) is 0 Å². The summed E-state index contributed by atoms with van der Waals surface area (Å²) in [5.74, 6) is 0.171. The summed E-state index contributed by atoms with van der Waals surface area (Å²) in [6.07, 6.45) is 0.758. The maximum Gasteiger partial charge on any atom is 0.274 e. The zero-order valence-electron chi connectivity index (χ0n) is 16.8. The normalized spacial score (nSPS) is 10.2. The lowest BCUT2D eigenvalue weighted by Gasteiger charge is -2.11. The zero-order valence-corrected chi connectivity index (χ0v) is 17.6. The Hall–Kier alpha value is -3.78. The third kappa shape index (κ3) is 6.35. The van der Waals surface area contributed by atoms with Gasteiger partial charge in [0.05, 0.1) is 11.5 Å². The van der Waals surface area contributed by atoms with Crippen LogP contribution in [0.2, 0.25) is 0 Å². The van der Waals surface area contributed by atoms with E-state index in [-0.39, 0.29) is 10.8 Å². The Kier molecular flexibility index (Phi) is 7.29. The van der Waals surface area contributed by atoms with E-state index in [1.165, 1.54) is 11.6 Å². The van der Waals surface area contributed by atoms with E-state index in [1.54, 1.807) is 43.3 Å². The molecule has 3 aromatic carbocycles. The van der Waals surface area contributed by atoms with Crippen molar-refractivity contribution in [2.24, 2.45) is 0 Å². The molecule has 0 spiro atoms. The van der Waals surface area contributed by atoms with Gasteiger partial charge >= 0.3 is 0 Å². The van der Waals surface area contributed by atoms with Gasteiger partial charge in [-0.05, 0) is 49.0 Å². The number of nitro benzene ring substituents is 1. The topological polar surface area (TPSA) is 93.5 Å². The van der Waals surface area contributed by atoms with E-state index in [2.05, 4.69) is 10.6 Å². The highest BCUT2D eigenvalue weighted by Gasteiger charge is 2.13. The van der Waals surface area contributed by atoms with Gasteiger partial charge in [-0.3, -0.25) is 20.2 Å². The summed E-state index contributed by atoms with van der Waals surface area (Å²) in [4.78, 5) is 23.1. The van der Waals surface area contributed by atoms with Crippen molar-refractivity contribution in [2.75, 3.05) is 11.9 Å². The van der Waals surface area contributed by atoms with Crippen molar-refractivity contribution in [2.45, 2.75) is 13.3 Å². The number of anilines is 1. The molecule has 0 aliphatic carbocycles. The Morgan fingerprint density at radius 2 is 1.84 bits per heavy atom. The highest BCUT2D eigenvalue weighted by atomic mass is 32.1. The van der Waals surface area contributed by atoms with E-state index in [1.807, 2.05) is 30.3 Å². The summed E-state index contributed by atoms with van der Waals surface area (Å²) in [6.45, 7) is 2.14. The Labute approximate surface area is 185 Å². The van der Waals surface area contributed by atoms with Gasteiger partial charge in [-0.25, -0.2) is 0 Å². The molecule has 3 rings (SSSR count). The minimum atomic E-state index is -0.467. The summed E-state index contributed by atoms with van der Waals surface area (Å²) in [7, 11) is 0. The number of thiocarbonyl (C=S) groups is 1. The minimum absolute atomic E-state index is 0.0283. The quantitative estimate of drug-likeness (QED) is 0.319. The molecular weight excluding hydrogens is 414 g/mol. The van der Waals surface area contributed by atoms with Crippen LogP contribution in [-0.4, -0.2) is 22.5 Å². The number of ether oxygens (including phenoxy) is 1. The van der Waals surface area contributed by atoms with Crippen molar-refractivity contribution in [3.05, 3.63) is 99.6 Å². The number of nitrogens with one attached hydrogen (secondary N) is 2. The molecule has 1 amide bonds. The van der Waals surface area contributed by atoms with Gasteiger partial charge in [0.25, 0.3) is 11.6 Å².